The summed E-state index contributed by atoms with van der Waals surface area (Å²) in [6.07, 6.45) is -4.40. The molecule has 2 aromatic carbocycles. The van der Waals surface area contributed by atoms with Gasteiger partial charge in [-0.1, -0.05) is 0 Å². The van der Waals surface area contributed by atoms with Crippen LogP contribution in [0.2, 0.25) is 0 Å². The SMILES string of the molecule is Cc1c(NC(=O)c2cc(C(N)=O)nc3ccccc23)nbn1Cc1ccc(C(F)(F)F)cc1. The number of para-hydroxylation sites is 1. The van der Waals surface area contributed by atoms with E-state index in [2.05, 4.69) is 15.2 Å². The number of carbonyl (C=O) groups is 2. The fraction of sp³-hybridized carbons (Fsp3) is 0.136. The molecular formula is C22H17BF3N5O2. The Labute approximate surface area is 186 Å². The Morgan fingerprint density at radius 1 is 1.12 bits per heavy atom. The van der Waals surface area contributed by atoms with Crippen LogP contribution < -0.4 is 11.1 Å². The standard InChI is InChI=1S/C22H17BF3N5O2/c1-12-20(30-23-31(12)11-13-6-8-14(9-7-13)22(24,25)26)29-21(33)16-10-18(19(27)32)28-17-5-3-2-4-15(16)17/h2-10H,11H2,1H3,(H2,27,32)(H,29,33). The molecule has 0 aliphatic rings. The van der Waals surface area contributed by atoms with Crippen LogP contribution in [-0.2, 0) is 12.7 Å². The summed E-state index contributed by atoms with van der Waals surface area (Å²) in [6.45, 7) is 2.00. The van der Waals surface area contributed by atoms with Crippen LogP contribution in [0, 0.1) is 6.92 Å². The fourth-order valence-electron chi connectivity index (χ4n) is 3.39. The zero-order valence-corrected chi connectivity index (χ0v) is 17.3. The van der Waals surface area contributed by atoms with Crippen LogP contribution in [0.1, 0.15) is 37.7 Å². The van der Waals surface area contributed by atoms with E-state index in [0.717, 1.165) is 12.1 Å². The van der Waals surface area contributed by atoms with Crippen molar-refractivity contribution < 1.29 is 22.8 Å². The van der Waals surface area contributed by atoms with Crippen LogP contribution in [0.15, 0.2) is 54.6 Å². The van der Waals surface area contributed by atoms with E-state index in [1.807, 2.05) is 0 Å². The summed E-state index contributed by atoms with van der Waals surface area (Å²) < 4.78 is 40.0. The summed E-state index contributed by atoms with van der Waals surface area (Å²) in [4.78, 5) is 33.0. The Bertz CT molecular complexity index is 1370. The first-order valence-corrected chi connectivity index (χ1v) is 9.82. The van der Waals surface area contributed by atoms with Crippen molar-refractivity contribution in [2.45, 2.75) is 19.6 Å². The minimum atomic E-state index is -4.40. The maximum absolute atomic E-state index is 13.0. The molecule has 2 heterocycles. The van der Waals surface area contributed by atoms with E-state index in [4.69, 9.17) is 5.73 Å². The average molecular weight is 451 g/mol. The van der Waals surface area contributed by atoms with Gasteiger partial charge in [-0.3, -0.25) is 0 Å². The van der Waals surface area contributed by atoms with E-state index in [1.54, 1.807) is 35.7 Å². The number of aromatic nitrogens is 3. The third-order valence-electron chi connectivity index (χ3n) is 5.18. The summed E-state index contributed by atoms with van der Waals surface area (Å²) in [5.74, 6) is -0.973. The number of fused-ring (bicyclic) bond motifs is 1. The number of anilines is 1. The second-order valence-electron chi connectivity index (χ2n) is 7.39. The van der Waals surface area contributed by atoms with Crippen LogP contribution in [0.5, 0.6) is 0 Å². The van der Waals surface area contributed by atoms with Gasteiger partial charge in [-0.25, -0.2) is 0 Å². The first-order valence-electron chi connectivity index (χ1n) is 9.82. The van der Waals surface area contributed by atoms with Crippen LogP contribution in [0.4, 0.5) is 19.0 Å². The van der Waals surface area contributed by atoms with Crippen molar-refractivity contribution >= 4 is 35.7 Å². The van der Waals surface area contributed by atoms with Gasteiger partial charge in [0.2, 0.25) is 0 Å². The van der Waals surface area contributed by atoms with Gasteiger partial charge in [-0.15, -0.1) is 0 Å². The van der Waals surface area contributed by atoms with Crippen molar-refractivity contribution in [3.05, 3.63) is 82.7 Å². The molecule has 33 heavy (non-hydrogen) atoms. The Kier molecular flexibility index (Phi) is 5.71. The van der Waals surface area contributed by atoms with Gasteiger partial charge in [0.05, 0.1) is 0 Å². The Balaban J connectivity index is 1.58. The molecule has 0 atom stereocenters. The van der Waals surface area contributed by atoms with Crippen molar-refractivity contribution in [2.75, 3.05) is 5.32 Å². The number of pyridine rings is 1. The number of primary amides is 1. The predicted octanol–water partition coefficient (Wildman–Crippen LogP) is 3.50. The Morgan fingerprint density at radius 3 is 2.48 bits per heavy atom. The average Bonchev–Trinajstić information content (AvgIpc) is 3.11. The molecule has 0 aliphatic heterocycles. The van der Waals surface area contributed by atoms with Crippen LogP contribution in [0.3, 0.4) is 0 Å². The molecule has 0 saturated heterocycles. The summed E-state index contributed by atoms with van der Waals surface area (Å²) in [5.41, 5.74) is 6.51. The predicted molar refractivity (Wildman–Crippen MR) is 117 cm³/mol. The molecule has 4 aromatic rings. The van der Waals surface area contributed by atoms with E-state index >= 15 is 0 Å². The number of carbonyl (C=O) groups excluding carboxylic acids is 2. The van der Waals surface area contributed by atoms with Crippen LogP contribution in [0.25, 0.3) is 10.9 Å². The summed E-state index contributed by atoms with van der Waals surface area (Å²) >= 11 is 0. The maximum atomic E-state index is 13.0. The normalized spacial score (nSPS) is 11.4. The minimum absolute atomic E-state index is 0.0385. The number of amides is 2. The van der Waals surface area contributed by atoms with Gasteiger partial charge in [-0.05, 0) is 0 Å². The number of halogens is 3. The third-order valence-corrected chi connectivity index (χ3v) is 5.18. The first kappa shape index (κ1) is 22.2. The van der Waals surface area contributed by atoms with E-state index in [0.29, 0.717) is 22.2 Å². The van der Waals surface area contributed by atoms with Gasteiger partial charge in [0, 0.05) is 0 Å². The van der Waals surface area contributed by atoms with E-state index < -0.39 is 23.6 Å². The number of rotatable bonds is 5. The van der Waals surface area contributed by atoms with Crippen molar-refractivity contribution in [1.29, 1.82) is 0 Å². The molecule has 11 heteroatoms. The number of nitrogens with two attached hydrogens (primary N) is 1. The van der Waals surface area contributed by atoms with Gasteiger partial charge in [-0.2, -0.15) is 0 Å². The Hall–Kier alpha value is -4.02. The number of nitrogens with one attached hydrogen (secondary N) is 1. The summed E-state index contributed by atoms with van der Waals surface area (Å²) in [7, 11) is 1.49. The Morgan fingerprint density at radius 2 is 1.82 bits per heavy atom. The van der Waals surface area contributed by atoms with E-state index in [1.165, 1.54) is 25.4 Å². The first-order chi connectivity index (χ1) is 15.6. The molecule has 0 fully saturated rings. The molecule has 166 valence electrons. The van der Waals surface area contributed by atoms with Gasteiger partial charge in [0.25, 0.3) is 0 Å². The molecule has 0 aliphatic carbocycles. The number of benzene rings is 2. The quantitative estimate of drug-likeness (QED) is 0.485. The molecule has 0 saturated carbocycles. The van der Waals surface area contributed by atoms with Crippen LogP contribution in [-0.4, -0.2) is 33.4 Å². The number of hydrogen-bond acceptors (Lipinski definition) is 4. The van der Waals surface area contributed by atoms with Crippen molar-refractivity contribution in [3.63, 3.8) is 0 Å². The van der Waals surface area contributed by atoms with Crippen molar-refractivity contribution in [2.24, 2.45) is 5.73 Å². The zero-order valence-electron chi connectivity index (χ0n) is 17.3. The fourth-order valence-corrected chi connectivity index (χ4v) is 3.39. The summed E-state index contributed by atoms with van der Waals surface area (Å²) in [6, 6.07) is 13.0. The molecule has 4 rings (SSSR count). The van der Waals surface area contributed by atoms with Gasteiger partial charge < -0.3 is 0 Å². The molecule has 0 bridgehead atoms. The van der Waals surface area contributed by atoms with Gasteiger partial charge >= 0.3 is 186 Å². The molecule has 0 radical (unpaired) electrons. The van der Waals surface area contributed by atoms with Gasteiger partial charge in [0.15, 0.2) is 0 Å². The van der Waals surface area contributed by atoms with Crippen molar-refractivity contribution in [1.82, 2.24) is 14.3 Å². The topological polar surface area (TPSA) is 103 Å². The molecular weight excluding hydrogens is 434 g/mol. The molecule has 0 spiro atoms. The number of alkyl halides is 3. The second kappa shape index (κ2) is 8.49. The van der Waals surface area contributed by atoms with E-state index in [-0.39, 0.29) is 23.6 Å². The molecule has 2 aromatic heterocycles. The molecule has 0 unspecified atom stereocenters. The van der Waals surface area contributed by atoms with Crippen molar-refractivity contribution in [3.8, 4) is 0 Å². The number of hydrogen-bond donors (Lipinski definition) is 2. The van der Waals surface area contributed by atoms with E-state index in [9.17, 15) is 22.8 Å². The molecule has 7 nitrogen and oxygen atoms in total. The molecule has 2 amide bonds. The molecule has 3 N–H and O–H groups in total. The van der Waals surface area contributed by atoms with Crippen LogP contribution >= 0.6 is 0 Å². The number of nitrogens with zero attached hydrogens (tertiary/aromatic N) is 3. The summed E-state index contributed by atoms with van der Waals surface area (Å²) in [5, 5.41) is 3.26. The second-order valence-corrected chi connectivity index (χ2v) is 7.39. The zero-order chi connectivity index (χ0) is 23.8. The third kappa shape index (κ3) is 4.62. The van der Waals surface area contributed by atoms with Gasteiger partial charge in [0.1, 0.15) is 0 Å². The monoisotopic (exact) mass is 451 g/mol.